The molecule has 0 radical (unpaired) electrons. The number of para-hydroxylation sites is 1. The van der Waals surface area contributed by atoms with Gasteiger partial charge in [0.2, 0.25) is 5.91 Å². The van der Waals surface area contributed by atoms with Crippen molar-refractivity contribution in [3.8, 4) is 5.75 Å². The van der Waals surface area contributed by atoms with Gasteiger partial charge in [-0.2, -0.15) is 0 Å². The number of carbonyl (C=O) groups is 1. The van der Waals surface area contributed by atoms with E-state index >= 15 is 0 Å². The second kappa shape index (κ2) is 10.4. The van der Waals surface area contributed by atoms with Gasteiger partial charge in [-0.15, -0.1) is 0 Å². The molecule has 0 spiro atoms. The van der Waals surface area contributed by atoms with Crippen LogP contribution in [0.5, 0.6) is 5.75 Å². The third-order valence-corrected chi connectivity index (χ3v) is 6.28. The van der Waals surface area contributed by atoms with E-state index in [9.17, 15) is 9.59 Å². The van der Waals surface area contributed by atoms with Crippen molar-refractivity contribution in [1.82, 2.24) is 14.5 Å². The third kappa shape index (κ3) is 5.43. The summed E-state index contributed by atoms with van der Waals surface area (Å²) in [5.74, 6) is 0.893. The molecule has 1 aromatic heterocycles. The monoisotopic (exact) mass is 459 g/mol. The van der Waals surface area contributed by atoms with E-state index in [1.165, 1.54) is 11.8 Å². The first-order chi connectivity index (χ1) is 16.0. The summed E-state index contributed by atoms with van der Waals surface area (Å²) in [6.45, 7) is 0.867. The fourth-order valence-corrected chi connectivity index (χ4v) is 4.47. The van der Waals surface area contributed by atoms with Crippen LogP contribution in [-0.2, 0) is 17.9 Å². The van der Waals surface area contributed by atoms with E-state index in [1.54, 1.807) is 29.7 Å². The molecule has 0 fully saturated rings. The fourth-order valence-electron chi connectivity index (χ4n) is 3.53. The first-order valence-corrected chi connectivity index (χ1v) is 11.6. The Kier molecular flexibility index (Phi) is 7.10. The molecule has 4 aromatic rings. The summed E-state index contributed by atoms with van der Waals surface area (Å²) in [4.78, 5) is 32.5. The van der Waals surface area contributed by atoms with E-state index in [1.807, 2.05) is 72.8 Å². The normalized spacial score (nSPS) is 10.8. The van der Waals surface area contributed by atoms with Crippen LogP contribution < -0.4 is 10.3 Å². The van der Waals surface area contributed by atoms with Crippen molar-refractivity contribution < 1.29 is 9.53 Å². The Morgan fingerprint density at radius 3 is 2.52 bits per heavy atom. The maximum absolute atomic E-state index is 13.2. The van der Waals surface area contributed by atoms with Crippen LogP contribution in [0.3, 0.4) is 0 Å². The number of amides is 1. The van der Waals surface area contributed by atoms with Gasteiger partial charge in [-0.05, 0) is 35.4 Å². The van der Waals surface area contributed by atoms with Gasteiger partial charge in [0.1, 0.15) is 5.75 Å². The Hall–Kier alpha value is -3.58. The number of aromatic nitrogens is 2. The molecule has 168 valence electrons. The van der Waals surface area contributed by atoms with Gasteiger partial charge in [0.25, 0.3) is 5.56 Å². The highest BCUT2D eigenvalue weighted by Gasteiger charge is 2.16. The van der Waals surface area contributed by atoms with Gasteiger partial charge < -0.3 is 9.64 Å². The Bertz CT molecular complexity index is 1320. The van der Waals surface area contributed by atoms with Crippen molar-refractivity contribution in [1.29, 1.82) is 0 Å². The molecular weight excluding hydrogens is 434 g/mol. The number of thioether (sulfide) groups is 1. The van der Waals surface area contributed by atoms with E-state index in [4.69, 9.17) is 9.72 Å². The second-order valence-corrected chi connectivity index (χ2v) is 8.62. The first kappa shape index (κ1) is 22.6. The fraction of sp³-hybridized carbons (Fsp3) is 0.192. The molecular formula is C26H25N3O3S. The van der Waals surface area contributed by atoms with Crippen molar-refractivity contribution in [2.45, 2.75) is 18.2 Å². The van der Waals surface area contributed by atoms with Crippen LogP contribution in [0.25, 0.3) is 10.9 Å². The lowest BCUT2D eigenvalue weighted by Crippen LogP contribution is -2.29. The zero-order chi connectivity index (χ0) is 23.2. The van der Waals surface area contributed by atoms with Crippen LogP contribution in [0.15, 0.2) is 88.8 Å². The SMILES string of the molecule is COc1cccc(CN(C)C(=O)CSc2nc3ccccc3c(=O)n2Cc2ccccc2)c1. The van der Waals surface area contributed by atoms with E-state index < -0.39 is 0 Å². The number of nitrogens with zero attached hydrogens (tertiary/aromatic N) is 3. The lowest BCUT2D eigenvalue weighted by atomic mass is 10.2. The quantitative estimate of drug-likeness (QED) is 0.292. The maximum atomic E-state index is 13.2. The zero-order valence-electron chi connectivity index (χ0n) is 18.6. The van der Waals surface area contributed by atoms with Crippen LogP contribution in [0.4, 0.5) is 0 Å². The van der Waals surface area contributed by atoms with Crippen LogP contribution >= 0.6 is 11.8 Å². The lowest BCUT2D eigenvalue weighted by molar-refractivity contribution is -0.127. The van der Waals surface area contributed by atoms with Gasteiger partial charge in [-0.3, -0.25) is 14.2 Å². The molecule has 0 aliphatic heterocycles. The minimum Gasteiger partial charge on any atom is -0.497 e. The molecule has 1 heterocycles. The molecule has 33 heavy (non-hydrogen) atoms. The Balaban J connectivity index is 1.55. The maximum Gasteiger partial charge on any atom is 0.262 e. The van der Waals surface area contributed by atoms with Gasteiger partial charge in [0.15, 0.2) is 5.16 Å². The van der Waals surface area contributed by atoms with Crippen molar-refractivity contribution in [3.05, 3.63) is 100 Å². The average molecular weight is 460 g/mol. The minimum atomic E-state index is -0.107. The summed E-state index contributed by atoms with van der Waals surface area (Å²) >= 11 is 1.29. The highest BCUT2D eigenvalue weighted by molar-refractivity contribution is 7.99. The molecule has 0 aliphatic rings. The van der Waals surface area contributed by atoms with Crippen molar-refractivity contribution in [2.75, 3.05) is 19.9 Å². The number of hydrogen-bond acceptors (Lipinski definition) is 5. The summed E-state index contributed by atoms with van der Waals surface area (Å²) in [5, 5.41) is 1.10. The topological polar surface area (TPSA) is 64.4 Å². The molecule has 1 amide bonds. The molecule has 0 saturated carbocycles. The highest BCUT2D eigenvalue weighted by atomic mass is 32.2. The number of benzene rings is 3. The number of carbonyl (C=O) groups excluding carboxylic acids is 1. The molecule has 4 rings (SSSR count). The Morgan fingerprint density at radius 2 is 1.73 bits per heavy atom. The van der Waals surface area contributed by atoms with Gasteiger partial charge in [-0.25, -0.2) is 4.98 Å². The zero-order valence-corrected chi connectivity index (χ0v) is 19.4. The minimum absolute atomic E-state index is 0.0449. The number of hydrogen-bond donors (Lipinski definition) is 0. The predicted molar refractivity (Wildman–Crippen MR) is 132 cm³/mol. The first-order valence-electron chi connectivity index (χ1n) is 10.6. The van der Waals surface area contributed by atoms with Crippen LogP contribution in [-0.4, -0.2) is 40.3 Å². The lowest BCUT2D eigenvalue weighted by Gasteiger charge is -2.18. The molecule has 0 saturated heterocycles. The van der Waals surface area contributed by atoms with E-state index in [0.29, 0.717) is 29.1 Å². The average Bonchev–Trinajstić information content (AvgIpc) is 2.85. The molecule has 7 heteroatoms. The molecule has 0 atom stereocenters. The number of fused-ring (bicyclic) bond motifs is 1. The number of methoxy groups -OCH3 is 1. The molecule has 0 bridgehead atoms. The predicted octanol–water partition coefficient (Wildman–Crippen LogP) is 4.20. The van der Waals surface area contributed by atoms with Crippen molar-refractivity contribution in [2.24, 2.45) is 0 Å². The largest absolute Gasteiger partial charge is 0.497 e. The molecule has 0 N–H and O–H groups in total. The molecule has 0 unspecified atom stereocenters. The standard InChI is InChI=1S/C26H25N3O3S/c1-28(16-20-11-8-12-21(15-20)32-2)24(30)18-33-26-27-23-14-7-6-13-22(23)25(31)29(26)17-19-9-4-3-5-10-19/h3-15H,16-18H2,1-2H3. The van der Waals surface area contributed by atoms with Gasteiger partial charge >= 0.3 is 0 Å². The Labute approximate surface area is 196 Å². The third-order valence-electron chi connectivity index (χ3n) is 5.31. The summed E-state index contributed by atoms with van der Waals surface area (Å²) in [7, 11) is 3.39. The summed E-state index contributed by atoms with van der Waals surface area (Å²) in [5.41, 5.74) is 2.51. The summed E-state index contributed by atoms with van der Waals surface area (Å²) in [6, 6.07) is 24.7. The Morgan fingerprint density at radius 1 is 1.00 bits per heavy atom. The molecule has 6 nitrogen and oxygen atoms in total. The second-order valence-electron chi connectivity index (χ2n) is 7.68. The van der Waals surface area contributed by atoms with Crippen LogP contribution in [0.2, 0.25) is 0 Å². The smallest absolute Gasteiger partial charge is 0.262 e. The van der Waals surface area contributed by atoms with Gasteiger partial charge in [0.05, 0.1) is 30.3 Å². The van der Waals surface area contributed by atoms with Gasteiger partial charge in [0, 0.05) is 13.6 Å². The van der Waals surface area contributed by atoms with Crippen LogP contribution in [0.1, 0.15) is 11.1 Å². The summed E-state index contributed by atoms with van der Waals surface area (Å²) < 4.78 is 6.91. The number of rotatable bonds is 8. The molecule has 3 aromatic carbocycles. The summed E-state index contributed by atoms with van der Waals surface area (Å²) in [6.07, 6.45) is 0. The number of ether oxygens (including phenoxy) is 1. The van der Waals surface area contributed by atoms with Crippen LogP contribution in [0, 0.1) is 0 Å². The van der Waals surface area contributed by atoms with Crippen molar-refractivity contribution in [3.63, 3.8) is 0 Å². The van der Waals surface area contributed by atoms with E-state index in [2.05, 4.69) is 0 Å². The van der Waals surface area contributed by atoms with Crippen molar-refractivity contribution >= 4 is 28.6 Å². The molecule has 0 aliphatic carbocycles. The van der Waals surface area contributed by atoms with E-state index in [-0.39, 0.29) is 17.2 Å². The van der Waals surface area contributed by atoms with Gasteiger partial charge in [-0.1, -0.05) is 66.4 Å². The van der Waals surface area contributed by atoms with E-state index in [0.717, 1.165) is 16.9 Å². The highest BCUT2D eigenvalue weighted by Crippen LogP contribution is 2.20.